The fourth-order valence-electron chi connectivity index (χ4n) is 5.32. The van der Waals surface area contributed by atoms with Crippen LogP contribution in [-0.2, 0) is 24.9 Å². The first kappa shape index (κ1) is 33.2. The Morgan fingerprint density at radius 2 is 1.76 bits per heavy atom. The molecule has 13 nitrogen and oxygen atoms in total. The first-order valence-electron chi connectivity index (χ1n) is 15.0. The van der Waals surface area contributed by atoms with Gasteiger partial charge in [-0.05, 0) is 53.5 Å². The number of hydrogen-bond acceptors (Lipinski definition) is 8. The minimum Gasteiger partial charge on any atom is -0.444 e. The van der Waals surface area contributed by atoms with Crippen molar-refractivity contribution in [3.05, 3.63) is 67.9 Å². The van der Waals surface area contributed by atoms with Crippen LogP contribution in [-0.4, -0.2) is 80.2 Å². The first-order chi connectivity index (χ1) is 21.1. The van der Waals surface area contributed by atoms with E-state index in [1.54, 1.807) is 57.6 Å². The van der Waals surface area contributed by atoms with Crippen molar-refractivity contribution in [2.45, 2.75) is 72.2 Å². The van der Waals surface area contributed by atoms with Gasteiger partial charge in [0.2, 0.25) is 5.95 Å². The molecule has 2 amide bonds. The summed E-state index contributed by atoms with van der Waals surface area (Å²) in [4.78, 5) is 74.4. The van der Waals surface area contributed by atoms with E-state index in [1.165, 1.54) is 22.6 Å². The second-order valence-electron chi connectivity index (χ2n) is 12.8. The number of aromatic nitrogens is 4. The van der Waals surface area contributed by atoms with Crippen molar-refractivity contribution in [3.63, 3.8) is 0 Å². The van der Waals surface area contributed by atoms with Gasteiger partial charge in [-0.25, -0.2) is 9.59 Å². The number of nitrogens with one attached hydrogen (secondary N) is 1. The quantitative estimate of drug-likeness (QED) is 0.299. The lowest BCUT2D eigenvalue weighted by Gasteiger charge is -2.34. The van der Waals surface area contributed by atoms with Gasteiger partial charge in [0.25, 0.3) is 11.5 Å². The van der Waals surface area contributed by atoms with Crippen LogP contribution in [0.4, 0.5) is 10.7 Å². The van der Waals surface area contributed by atoms with E-state index < -0.39 is 35.3 Å². The molecule has 0 spiro atoms. The van der Waals surface area contributed by atoms with Crippen LogP contribution in [0.25, 0.3) is 11.2 Å². The van der Waals surface area contributed by atoms with E-state index >= 15 is 0 Å². The number of hydrogen-bond donors (Lipinski definition) is 1. The number of piperidine rings is 1. The number of allylic oxidation sites excluding steroid dienone is 2. The molecular formula is C32H43N7O6. The van der Waals surface area contributed by atoms with Crippen LogP contribution < -0.4 is 21.5 Å². The van der Waals surface area contributed by atoms with Gasteiger partial charge in [-0.3, -0.25) is 23.5 Å². The van der Waals surface area contributed by atoms with E-state index in [-0.39, 0.29) is 34.2 Å². The number of alkyl carbamates (subject to hydrolysis) is 1. The monoisotopic (exact) mass is 621 g/mol. The highest BCUT2D eigenvalue weighted by Crippen LogP contribution is 2.24. The molecular weight excluding hydrogens is 578 g/mol. The molecule has 2 aromatic heterocycles. The fraction of sp³-hybridized carbons (Fsp3) is 0.500. The second-order valence-corrected chi connectivity index (χ2v) is 12.8. The summed E-state index contributed by atoms with van der Waals surface area (Å²) in [7, 11) is 4.68. The minimum atomic E-state index is -0.696. The highest BCUT2D eigenvalue weighted by molar-refractivity contribution is 6.07. The van der Waals surface area contributed by atoms with Gasteiger partial charge in [-0.15, -0.1) is 0 Å². The molecule has 1 saturated heterocycles. The summed E-state index contributed by atoms with van der Waals surface area (Å²) in [6.45, 7) is 10.1. The standard InChI is InChI=1S/C32H43N7O6/c1-20(2)15-17-38-25-26(34-29(38)37-16-11-12-21(18-37)33-30(43)45-32(3,4)5)36(8)31(44)39(28(25)42)19-24(40)22-13-9-10-14-23(22)27(41)35(6)7/h9-10,13-15,21H,11-12,16-19H2,1-8H3,(H,33,43). The summed E-state index contributed by atoms with van der Waals surface area (Å²) in [5.74, 6) is -0.418. The van der Waals surface area contributed by atoms with Crippen molar-refractivity contribution in [3.8, 4) is 0 Å². The molecule has 0 aliphatic carbocycles. The van der Waals surface area contributed by atoms with Crippen molar-refractivity contribution < 1.29 is 19.1 Å². The molecule has 1 aliphatic rings. The number of anilines is 1. The Bertz CT molecular complexity index is 1770. The molecule has 1 atom stereocenters. The zero-order chi connectivity index (χ0) is 33.2. The van der Waals surface area contributed by atoms with Gasteiger partial charge in [0.05, 0.1) is 12.1 Å². The summed E-state index contributed by atoms with van der Waals surface area (Å²) in [5.41, 5.74) is -0.276. The summed E-state index contributed by atoms with van der Waals surface area (Å²) in [6, 6.07) is 6.14. The van der Waals surface area contributed by atoms with E-state index in [0.29, 0.717) is 25.6 Å². The molecule has 1 aromatic carbocycles. The van der Waals surface area contributed by atoms with Gasteiger partial charge in [-0.1, -0.05) is 29.8 Å². The molecule has 242 valence electrons. The lowest BCUT2D eigenvalue weighted by Crippen LogP contribution is -2.49. The fourth-order valence-corrected chi connectivity index (χ4v) is 5.32. The van der Waals surface area contributed by atoms with E-state index in [9.17, 15) is 24.0 Å². The molecule has 1 aliphatic heterocycles. The van der Waals surface area contributed by atoms with Crippen LogP contribution >= 0.6 is 0 Å². The minimum absolute atomic E-state index is 0.126. The van der Waals surface area contributed by atoms with E-state index in [0.717, 1.165) is 23.0 Å². The zero-order valence-electron chi connectivity index (χ0n) is 27.3. The third-order valence-electron chi connectivity index (χ3n) is 7.49. The maximum atomic E-state index is 14.0. The van der Waals surface area contributed by atoms with Gasteiger partial charge < -0.3 is 24.4 Å². The van der Waals surface area contributed by atoms with E-state index in [4.69, 9.17) is 9.72 Å². The average molecular weight is 622 g/mol. The maximum Gasteiger partial charge on any atom is 0.407 e. The van der Waals surface area contributed by atoms with Crippen molar-refractivity contribution in [1.82, 2.24) is 28.9 Å². The van der Waals surface area contributed by atoms with Crippen LogP contribution in [0.15, 0.2) is 45.5 Å². The predicted molar refractivity (Wildman–Crippen MR) is 172 cm³/mol. The average Bonchev–Trinajstić information content (AvgIpc) is 3.35. The molecule has 0 bridgehead atoms. The Morgan fingerprint density at radius 3 is 2.38 bits per heavy atom. The lowest BCUT2D eigenvalue weighted by molar-refractivity contribution is 0.0499. The molecule has 1 unspecified atom stereocenters. The van der Waals surface area contributed by atoms with Crippen molar-refractivity contribution in [2.75, 3.05) is 32.1 Å². The van der Waals surface area contributed by atoms with E-state index in [1.807, 2.05) is 24.8 Å². The molecule has 1 N–H and O–H groups in total. The molecule has 1 fully saturated rings. The summed E-state index contributed by atoms with van der Waals surface area (Å²) in [6.07, 6.45) is 2.95. The number of aryl methyl sites for hydroxylation is 1. The molecule has 45 heavy (non-hydrogen) atoms. The Morgan fingerprint density at radius 1 is 1.09 bits per heavy atom. The van der Waals surface area contributed by atoms with Gasteiger partial charge >= 0.3 is 11.8 Å². The predicted octanol–water partition coefficient (Wildman–Crippen LogP) is 2.94. The van der Waals surface area contributed by atoms with Crippen LogP contribution in [0.2, 0.25) is 0 Å². The second kappa shape index (κ2) is 13.1. The Labute approximate surface area is 262 Å². The zero-order valence-corrected chi connectivity index (χ0v) is 27.3. The lowest BCUT2D eigenvalue weighted by atomic mass is 10.0. The Hall–Kier alpha value is -4.68. The number of amides is 2. The highest BCUT2D eigenvalue weighted by Gasteiger charge is 2.29. The van der Waals surface area contributed by atoms with Gasteiger partial charge in [0, 0.05) is 52.4 Å². The number of ether oxygens (including phenoxy) is 1. The number of Topliss-reactive ketones (excluding diaryl/α,β-unsaturated/α-hetero) is 1. The van der Waals surface area contributed by atoms with Crippen LogP contribution in [0.3, 0.4) is 0 Å². The smallest absolute Gasteiger partial charge is 0.407 e. The van der Waals surface area contributed by atoms with E-state index in [2.05, 4.69) is 5.32 Å². The van der Waals surface area contributed by atoms with Crippen molar-refractivity contribution in [2.24, 2.45) is 7.05 Å². The van der Waals surface area contributed by atoms with Crippen molar-refractivity contribution >= 4 is 34.9 Å². The maximum absolute atomic E-state index is 14.0. The summed E-state index contributed by atoms with van der Waals surface area (Å²) >= 11 is 0. The van der Waals surface area contributed by atoms with Gasteiger partial charge in [-0.2, -0.15) is 4.98 Å². The third kappa shape index (κ3) is 7.35. The first-order valence-corrected chi connectivity index (χ1v) is 15.0. The summed E-state index contributed by atoms with van der Waals surface area (Å²) in [5, 5.41) is 2.94. The van der Waals surface area contributed by atoms with Crippen LogP contribution in [0, 0.1) is 0 Å². The number of fused-ring (bicyclic) bond motifs is 1. The molecule has 0 saturated carbocycles. The number of rotatable bonds is 8. The third-order valence-corrected chi connectivity index (χ3v) is 7.49. The number of benzene rings is 1. The topological polar surface area (TPSA) is 141 Å². The molecule has 3 heterocycles. The summed E-state index contributed by atoms with van der Waals surface area (Å²) < 4.78 is 9.36. The molecule has 13 heteroatoms. The number of carbonyl (C=O) groups excluding carboxylic acids is 3. The van der Waals surface area contributed by atoms with Gasteiger partial charge in [0.1, 0.15) is 5.60 Å². The Kier molecular flexibility index (Phi) is 9.69. The highest BCUT2D eigenvalue weighted by atomic mass is 16.6. The SMILES string of the molecule is CC(C)=CCn1c(N2CCCC(NC(=O)OC(C)(C)C)C2)nc2c1c(=O)n(CC(=O)c1ccccc1C(=O)N(C)C)c(=O)n2C. The van der Waals surface area contributed by atoms with Crippen LogP contribution in [0.5, 0.6) is 0 Å². The largest absolute Gasteiger partial charge is 0.444 e. The molecule has 4 rings (SSSR count). The van der Waals surface area contributed by atoms with Gasteiger partial charge in [0.15, 0.2) is 16.9 Å². The number of imidazole rings is 1. The number of nitrogens with zero attached hydrogens (tertiary/aromatic N) is 6. The Balaban J connectivity index is 1.77. The van der Waals surface area contributed by atoms with Crippen molar-refractivity contribution in [1.29, 1.82) is 0 Å². The molecule has 3 aromatic rings. The normalized spacial score (nSPS) is 15.1. The number of carbonyl (C=O) groups is 3. The molecule has 0 radical (unpaired) electrons. The van der Waals surface area contributed by atoms with Crippen LogP contribution in [0.1, 0.15) is 68.2 Å². The number of ketones is 1.